The van der Waals surface area contributed by atoms with E-state index in [0.29, 0.717) is 26.1 Å². The number of benzene rings is 1. The lowest BCUT2D eigenvalue weighted by Crippen LogP contribution is -2.46. The summed E-state index contributed by atoms with van der Waals surface area (Å²) in [6.07, 6.45) is 0.0119. The van der Waals surface area contributed by atoms with Gasteiger partial charge in [0.25, 0.3) is 0 Å². The summed E-state index contributed by atoms with van der Waals surface area (Å²) < 4.78 is 5.42. The number of rotatable bonds is 3. The number of ether oxygens (including phenoxy) is 1. The van der Waals surface area contributed by atoms with E-state index in [4.69, 9.17) is 10.5 Å². The van der Waals surface area contributed by atoms with E-state index in [1.54, 1.807) is 4.90 Å². The first-order valence-electron chi connectivity index (χ1n) is 8.21. The Morgan fingerprint density at radius 1 is 1.38 bits per heavy atom. The first-order valence-corrected chi connectivity index (χ1v) is 8.21. The molecule has 2 rings (SSSR count). The Labute approximate surface area is 142 Å². The van der Waals surface area contributed by atoms with Gasteiger partial charge in [-0.05, 0) is 38.3 Å². The number of carboxylic acids is 1. The fourth-order valence-electron chi connectivity index (χ4n) is 3.03. The molecule has 0 bridgehead atoms. The third-order valence-electron chi connectivity index (χ3n) is 4.20. The minimum absolute atomic E-state index is 0.268. The van der Waals surface area contributed by atoms with E-state index >= 15 is 0 Å². The Bertz CT molecular complexity index is 609. The van der Waals surface area contributed by atoms with Gasteiger partial charge in [-0.15, -0.1) is 0 Å². The smallest absolute Gasteiger partial charge is 0.410 e. The number of amides is 1. The van der Waals surface area contributed by atoms with Crippen LogP contribution in [0.25, 0.3) is 0 Å². The number of piperidine rings is 1. The fourth-order valence-corrected chi connectivity index (χ4v) is 3.03. The van der Waals surface area contributed by atoms with Crippen molar-refractivity contribution in [3.63, 3.8) is 0 Å². The van der Waals surface area contributed by atoms with Crippen molar-refractivity contribution in [1.29, 1.82) is 0 Å². The monoisotopic (exact) mass is 334 g/mol. The van der Waals surface area contributed by atoms with Gasteiger partial charge < -0.3 is 20.5 Å². The standard InChI is InChI=1S/C18H26N2O4/c1-18(2,3)24-17(23)20-8-7-14(16(21)22)15(11-20)13-6-4-5-12(9-13)10-19/h4-6,9,14-15H,7-8,10-11,19H2,1-3H3,(H,21,22)/t14-,15+/m1/s1. The number of carbonyl (C=O) groups excluding carboxylic acids is 1. The molecule has 1 aliphatic heterocycles. The van der Waals surface area contributed by atoms with Crippen LogP contribution in [0.2, 0.25) is 0 Å². The number of hydrogen-bond acceptors (Lipinski definition) is 4. The van der Waals surface area contributed by atoms with Crippen LogP contribution >= 0.6 is 0 Å². The maximum absolute atomic E-state index is 12.3. The normalized spacial score (nSPS) is 21.4. The van der Waals surface area contributed by atoms with Crippen LogP contribution in [0.15, 0.2) is 24.3 Å². The molecule has 1 aromatic carbocycles. The summed E-state index contributed by atoms with van der Waals surface area (Å²) in [5.74, 6) is -1.62. The van der Waals surface area contributed by atoms with Crippen LogP contribution in [-0.4, -0.2) is 40.8 Å². The van der Waals surface area contributed by atoms with E-state index in [0.717, 1.165) is 11.1 Å². The van der Waals surface area contributed by atoms with Crippen LogP contribution in [0.1, 0.15) is 44.2 Å². The van der Waals surface area contributed by atoms with E-state index in [1.165, 1.54) is 0 Å². The third kappa shape index (κ3) is 4.47. The van der Waals surface area contributed by atoms with Gasteiger partial charge in [-0.25, -0.2) is 4.79 Å². The first-order chi connectivity index (χ1) is 11.2. The summed E-state index contributed by atoms with van der Waals surface area (Å²) in [6, 6.07) is 7.62. The molecule has 0 radical (unpaired) electrons. The number of carboxylic acid groups (broad SMARTS) is 1. The number of nitrogens with two attached hydrogens (primary N) is 1. The van der Waals surface area contributed by atoms with Crippen LogP contribution in [-0.2, 0) is 16.1 Å². The van der Waals surface area contributed by atoms with E-state index in [9.17, 15) is 14.7 Å². The van der Waals surface area contributed by atoms with Crippen LogP contribution in [0.4, 0.5) is 4.79 Å². The number of carbonyl (C=O) groups is 2. The molecule has 1 amide bonds. The Hall–Kier alpha value is -2.08. The molecule has 0 spiro atoms. The predicted octanol–water partition coefficient (Wildman–Crippen LogP) is 2.57. The first kappa shape index (κ1) is 18.3. The Kier molecular flexibility index (Phi) is 5.49. The van der Waals surface area contributed by atoms with Gasteiger partial charge in [0, 0.05) is 25.6 Å². The molecule has 0 unspecified atom stereocenters. The second kappa shape index (κ2) is 7.21. The summed E-state index contributed by atoms with van der Waals surface area (Å²) >= 11 is 0. The average molecular weight is 334 g/mol. The highest BCUT2D eigenvalue weighted by Crippen LogP contribution is 2.33. The van der Waals surface area contributed by atoms with Crippen molar-refractivity contribution in [2.24, 2.45) is 11.7 Å². The van der Waals surface area contributed by atoms with Crippen molar-refractivity contribution in [1.82, 2.24) is 4.90 Å². The quantitative estimate of drug-likeness (QED) is 0.886. The summed E-state index contributed by atoms with van der Waals surface area (Å²) in [5.41, 5.74) is 6.96. The molecule has 6 nitrogen and oxygen atoms in total. The Morgan fingerprint density at radius 3 is 2.67 bits per heavy atom. The summed E-state index contributed by atoms with van der Waals surface area (Å²) in [7, 11) is 0. The Balaban J connectivity index is 2.23. The van der Waals surface area contributed by atoms with Crippen LogP contribution in [0.3, 0.4) is 0 Å². The molecule has 0 aromatic heterocycles. The number of nitrogens with zero attached hydrogens (tertiary/aromatic N) is 1. The van der Waals surface area contributed by atoms with Gasteiger partial charge in [-0.3, -0.25) is 4.79 Å². The van der Waals surface area contributed by atoms with E-state index < -0.39 is 23.6 Å². The molecule has 1 fully saturated rings. The second-order valence-electron chi connectivity index (χ2n) is 7.22. The molecular weight excluding hydrogens is 308 g/mol. The van der Waals surface area contributed by atoms with Crippen LogP contribution in [0, 0.1) is 5.92 Å². The molecule has 1 heterocycles. The van der Waals surface area contributed by atoms with Crippen molar-refractivity contribution >= 4 is 12.1 Å². The van der Waals surface area contributed by atoms with Gasteiger partial charge in [0.1, 0.15) is 5.60 Å². The highest BCUT2D eigenvalue weighted by atomic mass is 16.6. The molecule has 132 valence electrons. The maximum Gasteiger partial charge on any atom is 0.410 e. The van der Waals surface area contributed by atoms with Gasteiger partial charge in [-0.1, -0.05) is 24.3 Å². The van der Waals surface area contributed by atoms with Crippen molar-refractivity contribution in [3.8, 4) is 0 Å². The Morgan fingerprint density at radius 2 is 2.08 bits per heavy atom. The molecule has 0 saturated carbocycles. The molecule has 1 saturated heterocycles. The predicted molar refractivity (Wildman–Crippen MR) is 90.6 cm³/mol. The van der Waals surface area contributed by atoms with Gasteiger partial charge >= 0.3 is 12.1 Å². The molecule has 24 heavy (non-hydrogen) atoms. The lowest BCUT2D eigenvalue weighted by Gasteiger charge is -2.37. The van der Waals surface area contributed by atoms with Crippen molar-refractivity contribution in [3.05, 3.63) is 35.4 Å². The zero-order chi connectivity index (χ0) is 17.9. The molecule has 1 aliphatic rings. The minimum Gasteiger partial charge on any atom is -0.481 e. The highest BCUT2D eigenvalue weighted by Gasteiger charge is 2.38. The largest absolute Gasteiger partial charge is 0.481 e. The molecule has 1 aromatic rings. The van der Waals surface area contributed by atoms with Gasteiger partial charge in [0.15, 0.2) is 0 Å². The molecule has 3 N–H and O–H groups in total. The van der Waals surface area contributed by atoms with Crippen molar-refractivity contribution in [2.75, 3.05) is 13.1 Å². The summed E-state index contributed by atoms with van der Waals surface area (Å²) in [4.78, 5) is 25.6. The second-order valence-corrected chi connectivity index (χ2v) is 7.22. The van der Waals surface area contributed by atoms with Crippen LogP contribution < -0.4 is 5.73 Å². The molecular formula is C18H26N2O4. The SMILES string of the molecule is CC(C)(C)OC(=O)N1CC[C@@H](C(=O)O)[C@H](c2cccc(CN)c2)C1. The van der Waals surface area contributed by atoms with Gasteiger partial charge in [0.05, 0.1) is 5.92 Å². The number of likely N-dealkylation sites (tertiary alicyclic amines) is 1. The summed E-state index contributed by atoms with van der Waals surface area (Å²) in [6.45, 7) is 6.57. The molecule has 2 atom stereocenters. The zero-order valence-corrected chi connectivity index (χ0v) is 14.5. The topological polar surface area (TPSA) is 92.9 Å². The molecule has 6 heteroatoms. The minimum atomic E-state index is -0.831. The van der Waals surface area contributed by atoms with Crippen molar-refractivity contribution in [2.45, 2.75) is 45.3 Å². The fraction of sp³-hybridized carbons (Fsp3) is 0.556. The van der Waals surface area contributed by atoms with E-state index in [-0.39, 0.29) is 5.92 Å². The maximum atomic E-state index is 12.3. The highest BCUT2D eigenvalue weighted by molar-refractivity contribution is 5.73. The van der Waals surface area contributed by atoms with Crippen molar-refractivity contribution < 1.29 is 19.4 Å². The van der Waals surface area contributed by atoms with Gasteiger partial charge in [0.2, 0.25) is 0 Å². The summed E-state index contributed by atoms with van der Waals surface area (Å²) in [5, 5.41) is 9.55. The lowest BCUT2D eigenvalue weighted by molar-refractivity contribution is -0.144. The number of hydrogen-bond donors (Lipinski definition) is 2. The van der Waals surface area contributed by atoms with Gasteiger partial charge in [-0.2, -0.15) is 0 Å². The molecule has 0 aliphatic carbocycles. The van der Waals surface area contributed by atoms with E-state index in [2.05, 4.69) is 0 Å². The van der Waals surface area contributed by atoms with Crippen LogP contribution in [0.5, 0.6) is 0 Å². The third-order valence-corrected chi connectivity index (χ3v) is 4.20. The van der Waals surface area contributed by atoms with E-state index in [1.807, 2.05) is 45.0 Å². The zero-order valence-electron chi connectivity index (χ0n) is 14.5. The lowest BCUT2D eigenvalue weighted by atomic mass is 9.80. The average Bonchev–Trinajstić information content (AvgIpc) is 2.52. The number of aliphatic carboxylic acids is 1.